The highest BCUT2D eigenvalue weighted by Gasteiger charge is 2.26. The first-order chi connectivity index (χ1) is 11.3. The molecule has 1 aliphatic heterocycles. The highest BCUT2D eigenvalue weighted by atomic mass is 32.2. The third kappa shape index (κ3) is 3.23. The number of aromatic nitrogens is 4. The minimum atomic E-state index is -2.58. The monoisotopic (exact) mass is 351 g/mol. The summed E-state index contributed by atoms with van der Waals surface area (Å²) >= 11 is 0. The number of piperidine rings is 1. The molecule has 1 atom stereocenters. The summed E-state index contributed by atoms with van der Waals surface area (Å²) in [5.74, 6) is 2.15. The molecular formula is C15H25N7OS. The Balaban J connectivity index is 1.86. The van der Waals surface area contributed by atoms with E-state index in [1.807, 2.05) is 21.0 Å². The van der Waals surface area contributed by atoms with E-state index in [9.17, 15) is 4.21 Å². The smallest absolute Gasteiger partial charge is 0.254 e. The predicted molar refractivity (Wildman–Crippen MR) is 94.6 cm³/mol. The van der Waals surface area contributed by atoms with Crippen molar-refractivity contribution < 1.29 is 4.21 Å². The summed E-state index contributed by atoms with van der Waals surface area (Å²) in [6.45, 7) is 3.46. The van der Waals surface area contributed by atoms with E-state index in [-0.39, 0.29) is 0 Å². The molecule has 0 saturated carbocycles. The molecule has 0 radical (unpaired) electrons. The number of nitrogens with one attached hydrogen (secondary N) is 1. The van der Waals surface area contributed by atoms with Crippen molar-refractivity contribution in [2.45, 2.75) is 26.2 Å². The Morgan fingerprint density at radius 1 is 1.38 bits per heavy atom. The van der Waals surface area contributed by atoms with Crippen LogP contribution in [0.2, 0.25) is 0 Å². The predicted octanol–water partition coefficient (Wildman–Crippen LogP) is 1.34. The fraction of sp³-hybridized carbons (Fsp3) is 0.667. The minimum absolute atomic E-state index is 0.503. The number of fused-ring (bicyclic) bond motifs is 1. The summed E-state index contributed by atoms with van der Waals surface area (Å²) in [6.07, 6.45) is 5.85. The molecule has 0 amide bonds. The molecule has 1 N–H and O–H groups in total. The van der Waals surface area contributed by atoms with E-state index < -0.39 is 9.92 Å². The number of nitrogens with zero attached hydrogens (tertiary/aromatic N) is 6. The molecule has 132 valence electrons. The normalized spacial score (nSPS) is 19.5. The summed E-state index contributed by atoms with van der Waals surface area (Å²) in [6, 6.07) is 0. The summed E-state index contributed by atoms with van der Waals surface area (Å²) in [5, 5.41) is 4.31. The molecule has 0 spiro atoms. The van der Waals surface area contributed by atoms with Gasteiger partial charge in [0.2, 0.25) is 0 Å². The largest absolute Gasteiger partial charge is 0.362 e. The van der Waals surface area contributed by atoms with Gasteiger partial charge < -0.3 is 4.90 Å². The molecule has 3 rings (SSSR count). The van der Waals surface area contributed by atoms with Gasteiger partial charge >= 0.3 is 0 Å². The van der Waals surface area contributed by atoms with Crippen molar-refractivity contribution in [3.05, 3.63) is 17.6 Å². The van der Waals surface area contributed by atoms with Gasteiger partial charge in [0.25, 0.3) is 5.78 Å². The van der Waals surface area contributed by atoms with Crippen LogP contribution >= 0.6 is 0 Å². The first-order valence-corrected chi connectivity index (χ1v) is 10.0. The summed E-state index contributed by atoms with van der Waals surface area (Å²) in [7, 11) is 1.43. The van der Waals surface area contributed by atoms with Crippen LogP contribution in [0.1, 0.15) is 24.1 Å². The van der Waals surface area contributed by atoms with Gasteiger partial charge in [-0.3, -0.25) is 0 Å². The van der Waals surface area contributed by atoms with Gasteiger partial charge in [-0.25, -0.2) is 18.3 Å². The molecule has 24 heavy (non-hydrogen) atoms. The fourth-order valence-electron chi connectivity index (χ4n) is 3.42. The molecule has 1 unspecified atom stereocenters. The zero-order valence-corrected chi connectivity index (χ0v) is 15.5. The Morgan fingerprint density at radius 3 is 2.62 bits per heavy atom. The van der Waals surface area contributed by atoms with Crippen LogP contribution < -0.4 is 4.90 Å². The maximum absolute atomic E-state index is 11.9. The van der Waals surface area contributed by atoms with Crippen LogP contribution in [0.25, 0.3) is 5.78 Å². The maximum atomic E-state index is 11.9. The highest BCUT2D eigenvalue weighted by Crippen LogP contribution is 2.29. The van der Waals surface area contributed by atoms with Crippen LogP contribution in [0, 0.1) is 17.6 Å². The lowest BCUT2D eigenvalue weighted by molar-refractivity contribution is 0.280. The fourth-order valence-corrected chi connectivity index (χ4v) is 4.32. The second kappa shape index (κ2) is 6.29. The molecule has 1 saturated heterocycles. The summed E-state index contributed by atoms with van der Waals surface area (Å²) in [4.78, 5) is 10.8. The molecule has 0 aliphatic carbocycles. The molecule has 3 heterocycles. The lowest BCUT2D eigenvalue weighted by atomic mass is 9.90. The van der Waals surface area contributed by atoms with Crippen molar-refractivity contribution in [2.24, 2.45) is 5.92 Å². The third-order valence-corrected chi connectivity index (χ3v) is 6.04. The zero-order chi connectivity index (χ0) is 17.5. The van der Waals surface area contributed by atoms with Gasteiger partial charge in [0, 0.05) is 44.7 Å². The summed E-state index contributed by atoms with van der Waals surface area (Å²) in [5.41, 5.74) is 2.18. The average Bonchev–Trinajstić information content (AvgIpc) is 2.94. The van der Waals surface area contributed by atoms with E-state index in [0.717, 1.165) is 43.9 Å². The molecular weight excluding hydrogens is 326 g/mol. The van der Waals surface area contributed by atoms with E-state index in [2.05, 4.69) is 20.0 Å². The Bertz CT molecular complexity index is 835. The molecule has 9 heteroatoms. The van der Waals surface area contributed by atoms with E-state index in [1.54, 1.807) is 8.82 Å². The van der Waals surface area contributed by atoms with Crippen molar-refractivity contribution in [3.63, 3.8) is 0 Å². The van der Waals surface area contributed by atoms with Crippen LogP contribution in [0.15, 0.2) is 6.33 Å². The van der Waals surface area contributed by atoms with Crippen molar-refractivity contribution in [2.75, 3.05) is 38.3 Å². The maximum Gasteiger partial charge on any atom is 0.254 e. The van der Waals surface area contributed by atoms with Crippen LogP contribution in [-0.4, -0.2) is 61.5 Å². The lowest BCUT2D eigenvalue weighted by Gasteiger charge is -2.32. The average molecular weight is 351 g/mol. The lowest BCUT2D eigenvalue weighted by Crippen LogP contribution is -2.37. The van der Waals surface area contributed by atoms with E-state index in [4.69, 9.17) is 4.78 Å². The minimum Gasteiger partial charge on any atom is -0.362 e. The zero-order valence-electron chi connectivity index (χ0n) is 14.7. The van der Waals surface area contributed by atoms with Crippen molar-refractivity contribution >= 4 is 21.5 Å². The second-order valence-corrected chi connectivity index (χ2v) is 8.87. The van der Waals surface area contributed by atoms with E-state index in [1.165, 1.54) is 18.1 Å². The van der Waals surface area contributed by atoms with E-state index >= 15 is 0 Å². The number of anilines is 1. The van der Waals surface area contributed by atoms with E-state index in [0.29, 0.717) is 11.7 Å². The molecule has 8 nitrogen and oxygen atoms in total. The molecule has 2 aromatic rings. The van der Waals surface area contributed by atoms with Gasteiger partial charge in [0.05, 0.1) is 0 Å². The van der Waals surface area contributed by atoms with Crippen molar-refractivity contribution in [1.29, 1.82) is 4.78 Å². The van der Waals surface area contributed by atoms with Crippen LogP contribution in [-0.2, 0) is 16.3 Å². The Labute approximate surface area is 143 Å². The SMILES string of the molecule is Cc1nc2ncnn2c(N(C)C)c1CC1CCN(S(C)(=N)=O)CC1. The standard InChI is InChI=1S/C15H25N7OS/c1-11-13(9-12-5-7-21(8-6-12)24(4,16)23)14(20(2)3)22-15(19-11)17-10-18-22/h10,12,16H,5-9H2,1-4H3. The Morgan fingerprint density at radius 2 is 2.04 bits per heavy atom. The molecule has 0 aromatic carbocycles. The van der Waals surface area contributed by atoms with Crippen molar-refractivity contribution in [3.8, 4) is 0 Å². The van der Waals surface area contributed by atoms with Gasteiger partial charge in [-0.05, 0) is 32.1 Å². The van der Waals surface area contributed by atoms with Gasteiger partial charge in [-0.15, -0.1) is 0 Å². The number of rotatable bonds is 4. The van der Waals surface area contributed by atoms with Gasteiger partial charge in [-0.1, -0.05) is 0 Å². The van der Waals surface area contributed by atoms with Gasteiger partial charge in [0.15, 0.2) is 0 Å². The quantitative estimate of drug-likeness (QED) is 0.898. The molecule has 1 aliphatic rings. The van der Waals surface area contributed by atoms with Gasteiger partial charge in [0.1, 0.15) is 22.1 Å². The first kappa shape index (κ1) is 17.1. The third-order valence-electron chi connectivity index (χ3n) is 4.69. The Kier molecular flexibility index (Phi) is 4.48. The highest BCUT2D eigenvalue weighted by molar-refractivity contribution is 7.89. The van der Waals surface area contributed by atoms with Crippen LogP contribution in [0.4, 0.5) is 5.82 Å². The van der Waals surface area contributed by atoms with Crippen molar-refractivity contribution in [1.82, 2.24) is 23.9 Å². The van der Waals surface area contributed by atoms with Gasteiger partial charge in [-0.2, -0.15) is 14.6 Å². The molecule has 0 bridgehead atoms. The molecule has 1 fully saturated rings. The number of hydrogen-bond acceptors (Lipinski definition) is 6. The molecule has 2 aromatic heterocycles. The number of aryl methyl sites for hydroxylation is 1. The number of hydrogen-bond donors (Lipinski definition) is 1. The van der Waals surface area contributed by atoms with Crippen LogP contribution in [0.3, 0.4) is 0 Å². The topological polar surface area (TPSA) is 90.5 Å². The Hall–Kier alpha value is -1.74. The van der Waals surface area contributed by atoms with Crippen LogP contribution in [0.5, 0.6) is 0 Å². The first-order valence-electron chi connectivity index (χ1n) is 8.12. The second-order valence-electron chi connectivity index (χ2n) is 6.74. The summed E-state index contributed by atoms with van der Waals surface area (Å²) < 4.78 is 23.2.